The summed E-state index contributed by atoms with van der Waals surface area (Å²) < 4.78 is 7.64. The van der Waals surface area contributed by atoms with Gasteiger partial charge < -0.3 is 14.4 Å². The molecular formula is C18H24N2O3. The van der Waals surface area contributed by atoms with Crippen LogP contribution in [0.1, 0.15) is 32.0 Å². The second kappa shape index (κ2) is 5.57. The Balaban J connectivity index is 2.00. The van der Waals surface area contributed by atoms with Crippen LogP contribution < -0.4 is 0 Å². The average Bonchev–Trinajstić information content (AvgIpc) is 2.77. The van der Waals surface area contributed by atoms with E-state index in [-0.39, 0.29) is 18.7 Å². The van der Waals surface area contributed by atoms with Crippen molar-refractivity contribution in [2.45, 2.75) is 45.4 Å². The van der Waals surface area contributed by atoms with Gasteiger partial charge in [0, 0.05) is 23.6 Å². The highest BCUT2D eigenvalue weighted by atomic mass is 16.6. The summed E-state index contributed by atoms with van der Waals surface area (Å²) in [7, 11) is 2.02. The first-order valence-electron chi connectivity index (χ1n) is 7.97. The molecule has 0 fully saturated rings. The van der Waals surface area contributed by atoms with Gasteiger partial charge in [-0.1, -0.05) is 18.2 Å². The Bertz CT molecular complexity index is 743. The summed E-state index contributed by atoms with van der Waals surface area (Å²) in [6.07, 6.45) is 0.277. The van der Waals surface area contributed by atoms with Crippen molar-refractivity contribution in [1.82, 2.24) is 9.47 Å². The summed E-state index contributed by atoms with van der Waals surface area (Å²) in [6.45, 7) is 5.95. The van der Waals surface area contributed by atoms with E-state index >= 15 is 0 Å². The first-order valence-corrected chi connectivity index (χ1v) is 7.97. The number of amides is 1. The maximum atomic E-state index is 12.5. The molecule has 0 aliphatic carbocycles. The first-order chi connectivity index (χ1) is 10.8. The molecule has 1 aliphatic heterocycles. The molecule has 5 nitrogen and oxygen atoms in total. The highest BCUT2D eigenvalue weighted by Crippen LogP contribution is 2.32. The van der Waals surface area contributed by atoms with Gasteiger partial charge in [-0.25, -0.2) is 4.79 Å². The van der Waals surface area contributed by atoms with Crippen molar-refractivity contribution in [1.29, 1.82) is 0 Å². The second-order valence-electron chi connectivity index (χ2n) is 7.15. The molecule has 2 aromatic rings. The summed E-state index contributed by atoms with van der Waals surface area (Å²) in [6, 6.07) is 7.98. The van der Waals surface area contributed by atoms with Crippen LogP contribution in [0.15, 0.2) is 24.3 Å². The summed E-state index contributed by atoms with van der Waals surface area (Å²) >= 11 is 0. The lowest BCUT2D eigenvalue weighted by atomic mass is 9.97. The lowest BCUT2D eigenvalue weighted by Gasteiger charge is -2.36. The fraction of sp³-hybridized carbons (Fsp3) is 0.500. The number of para-hydroxylation sites is 1. The monoisotopic (exact) mass is 316 g/mol. The Hall–Kier alpha value is -2.01. The number of hydrogen-bond donors (Lipinski definition) is 1. The Kier molecular flexibility index (Phi) is 3.84. The van der Waals surface area contributed by atoms with Crippen molar-refractivity contribution in [2.75, 3.05) is 6.61 Å². The molecule has 0 saturated carbocycles. The Morgan fingerprint density at radius 2 is 2.04 bits per heavy atom. The quantitative estimate of drug-likeness (QED) is 0.880. The van der Waals surface area contributed by atoms with Crippen LogP contribution in [0.2, 0.25) is 0 Å². The molecule has 3 rings (SSSR count). The topological polar surface area (TPSA) is 54.7 Å². The fourth-order valence-corrected chi connectivity index (χ4v) is 3.29. The molecule has 0 bridgehead atoms. The number of carbonyl (C=O) groups is 1. The molecule has 0 spiro atoms. The molecule has 1 aromatic carbocycles. The molecule has 23 heavy (non-hydrogen) atoms. The molecular weight excluding hydrogens is 292 g/mol. The van der Waals surface area contributed by atoms with Crippen LogP contribution in [-0.4, -0.2) is 38.9 Å². The van der Waals surface area contributed by atoms with Crippen LogP contribution in [-0.2, 0) is 24.8 Å². The Labute approximate surface area is 136 Å². The van der Waals surface area contributed by atoms with E-state index in [4.69, 9.17) is 4.74 Å². The lowest BCUT2D eigenvalue weighted by molar-refractivity contribution is 0.00408. The maximum Gasteiger partial charge on any atom is 0.410 e. The number of ether oxygens (including phenoxy) is 1. The Morgan fingerprint density at radius 1 is 1.35 bits per heavy atom. The predicted molar refractivity (Wildman–Crippen MR) is 89.3 cm³/mol. The minimum absolute atomic E-state index is 0.0676. The van der Waals surface area contributed by atoms with Crippen molar-refractivity contribution in [3.63, 3.8) is 0 Å². The Morgan fingerprint density at radius 3 is 2.70 bits per heavy atom. The number of aliphatic hydroxyl groups is 1. The van der Waals surface area contributed by atoms with E-state index in [9.17, 15) is 9.90 Å². The zero-order valence-corrected chi connectivity index (χ0v) is 14.2. The van der Waals surface area contributed by atoms with Crippen LogP contribution >= 0.6 is 0 Å². The molecule has 1 unspecified atom stereocenters. The van der Waals surface area contributed by atoms with Gasteiger partial charge in [-0.05, 0) is 38.8 Å². The third-order valence-corrected chi connectivity index (χ3v) is 4.38. The average molecular weight is 316 g/mol. The molecule has 1 atom stereocenters. The van der Waals surface area contributed by atoms with Crippen molar-refractivity contribution in [3.8, 4) is 0 Å². The number of aromatic nitrogens is 1. The van der Waals surface area contributed by atoms with E-state index < -0.39 is 5.60 Å². The van der Waals surface area contributed by atoms with Crippen LogP contribution in [0, 0.1) is 0 Å². The first kappa shape index (κ1) is 15.9. The molecule has 2 heterocycles. The van der Waals surface area contributed by atoms with Crippen molar-refractivity contribution < 1.29 is 14.6 Å². The van der Waals surface area contributed by atoms with E-state index in [0.717, 1.165) is 11.2 Å². The molecule has 0 radical (unpaired) electrons. The third kappa shape index (κ3) is 2.81. The molecule has 124 valence electrons. The van der Waals surface area contributed by atoms with Gasteiger partial charge in [-0.3, -0.25) is 4.90 Å². The van der Waals surface area contributed by atoms with Gasteiger partial charge in [0.15, 0.2) is 0 Å². The minimum atomic E-state index is -0.545. The lowest BCUT2D eigenvalue weighted by Crippen LogP contribution is -2.48. The van der Waals surface area contributed by atoms with Crippen molar-refractivity contribution >= 4 is 17.0 Å². The SMILES string of the molecule is Cn1c2c(c3ccccc31)CC(CO)N(C(=O)OC(C)(C)C)C2. The van der Waals surface area contributed by atoms with E-state index in [0.29, 0.717) is 13.0 Å². The van der Waals surface area contributed by atoms with E-state index in [1.807, 2.05) is 40.0 Å². The van der Waals surface area contributed by atoms with Crippen molar-refractivity contribution in [3.05, 3.63) is 35.5 Å². The highest BCUT2D eigenvalue weighted by molar-refractivity contribution is 5.86. The smallest absolute Gasteiger partial charge is 0.410 e. The molecule has 1 aromatic heterocycles. The summed E-state index contributed by atoms with van der Waals surface area (Å²) in [5.41, 5.74) is 2.94. The minimum Gasteiger partial charge on any atom is -0.444 e. The number of aliphatic hydroxyl groups excluding tert-OH is 1. The normalized spacial score (nSPS) is 18.1. The van der Waals surface area contributed by atoms with Gasteiger partial charge in [-0.15, -0.1) is 0 Å². The zero-order chi connectivity index (χ0) is 16.8. The number of fused-ring (bicyclic) bond motifs is 3. The molecule has 5 heteroatoms. The number of aryl methyl sites for hydroxylation is 1. The summed E-state index contributed by atoms with van der Waals surface area (Å²) in [4.78, 5) is 14.1. The third-order valence-electron chi connectivity index (χ3n) is 4.38. The summed E-state index contributed by atoms with van der Waals surface area (Å²) in [5.74, 6) is 0. The van der Waals surface area contributed by atoms with Gasteiger partial charge in [0.2, 0.25) is 0 Å². The van der Waals surface area contributed by atoms with Crippen LogP contribution in [0.4, 0.5) is 4.79 Å². The number of nitrogens with zero attached hydrogens (tertiary/aromatic N) is 2. The highest BCUT2D eigenvalue weighted by Gasteiger charge is 2.35. The molecule has 1 N–H and O–H groups in total. The van der Waals surface area contributed by atoms with Gasteiger partial charge in [0.1, 0.15) is 5.60 Å². The van der Waals surface area contributed by atoms with Crippen LogP contribution in [0.25, 0.3) is 10.9 Å². The zero-order valence-electron chi connectivity index (χ0n) is 14.2. The fourth-order valence-electron chi connectivity index (χ4n) is 3.29. The van der Waals surface area contributed by atoms with Gasteiger partial charge in [0.05, 0.1) is 19.2 Å². The molecule has 0 saturated heterocycles. The van der Waals surface area contributed by atoms with E-state index in [2.05, 4.69) is 16.7 Å². The van der Waals surface area contributed by atoms with E-state index in [1.54, 1.807) is 4.90 Å². The maximum absolute atomic E-state index is 12.5. The molecule has 1 amide bonds. The number of hydrogen-bond acceptors (Lipinski definition) is 3. The van der Waals surface area contributed by atoms with Crippen molar-refractivity contribution in [2.24, 2.45) is 7.05 Å². The largest absolute Gasteiger partial charge is 0.444 e. The number of carbonyl (C=O) groups excluding carboxylic acids is 1. The number of benzene rings is 1. The predicted octanol–water partition coefficient (Wildman–Crippen LogP) is 2.83. The van der Waals surface area contributed by atoms with Gasteiger partial charge in [-0.2, -0.15) is 0 Å². The summed E-state index contributed by atoms with van der Waals surface area (Å²) in [5, 5.41) is 11.0. The van der Waals surface area contributed by atoms with Gasteiger partial charge in [0.25, 0.3) is 0 Å². The number of rotatable bonds is 1. The van der Waals surface area contributed by atoms with Gasteiger partial charge >= 0.3 is 6.09 Å². The van der Waals surface area contributed by atoms with Crippen LogP contribution in [0.5, 0.6) is 0 Å². The molecule has 1 aliphatic rings. The van der Waals surface area contributed by atoms with Crippen LogP contribution in [0.3, 0.4) is 0 Å². The standard InChI is InChI=1S/C18H24N2O3/c1-18(2,3)23-17(22)20-10-16-14(9-12(20)11-21)13-7-5-6-8-15(13)19(16)4/h5-8,12,21H,9-11H2,1-4H3. The van der Waals surface area contributed by atoms with E-state index in [1.165, 1.54) is 10.9 Å². The second-order valence-corrected chi connectivity index (χ2v) is 7.15.